The zero-order valence-electron chi connectivity index (χ0n) is 11.4. The van der Waals surface area contributed by atoms with Crippen LogP contribution in [-0.4, -0.2) is 16.0 Å². The van der Waals surface area contributed by atoms with Gasteiger partial charge in [0.1, 0.15) is 5.52 Å². The summed E-state index contributed by atoms with van der Waals surface area (Å²) in [4.78, 5) is 16.4. The molecule has 0 atom stereocenters. The third kappa shape index (κ3) is 2.45. The molecule has 2 aromatic carbocycles. The molecule has 0 aliphatic carbocycles. The highest BCUT2D eigenvalue weighted by molar-refractivity contribution is 6.09. The largest absolute Gasteiger partial charge is 0.505 e. The maximum absolute atomic E-state index is 12.3. The third-order valence-electron chi connectivity index (χ3n) is 3.26. The highest BCUT2D eigenvalue weighted by atomic mass is 16.3. The summed E-state index contributed by atoms with van der Waals surface area (Å²) in [7, 11) is 0. The number of phenolic OH excluding ortho intramolecular Hbond substituents is 1. The second-order valence-corrected chi connectivity index (χ2v) is 4.68. The number of carbonyl (C=O) groups is 1. The standard InChI is InChI=1S/C17H11N3O2/c18-10-11-3-6-13(7-4-11)20-17(22)14-8-5-12-2-1-9-19-15(12)16(14)21/h1-9,21H,(H,20,22). The quantitative estimate of drug-likeness (QED) is 0.759. The fourth-order valence-corrected chi connectivity index (χ4v) is 2.14. The second-order valence-electron chi connectivity index (χ2n) is 4.68. The molecule has 3 aromatic rings. The van der Waals surface area contributed by atoms with E-state index in [4.69, 9.17) is 5.26 Å². The van der Waals surface area contributed by atoms with Crippen LogP contribution >= 0.6 is 0 Å². The van der Waals surface area contributed by atoms with Gasteiger partial charge in [0.25, 0.3) is 5.91 Å². The summed E-state index contributed by atoms with van der Waals surface area (Å²) < 4.78 is 0. The molecule has 0 radical (unpaired) electrons. The van der Waals surface area contributed by atoms with Crippen LogP contribution in [0.3, 0.4) is 0 Å². The van der Waals surface area contributed by atoms with Crippen molar-refractivity contribution in [1.29, 1.82) is 5.26 Å². The Morgan fingerprint density at radius 1 is 1.14 bits per heavy atom. The van der Waals surface area contributed by atoms with Gasteiger partial charge in [0.05, 0.1) is 17.2 Å². The van der Waals surface area contributed by atoms with Gasteiger partial charge in [0.15, 0.2) is 5.75 Å². The number of carbonyl (C=O) groups excluding carboxylic acids is 1. The molecule has 3 rings (SSSR count). The number of nitrogens with one attached hydrogen (secondary N) is 1. The number of nitriles is 1. The molecule has 0 bridgehead atoms. The number of pyridine rings is 1. The molecular weight excluding hydrogens is 278 g/mol. The fourth-order valence-electron chi connectivity index (χ4n) is 2.14. The molecule has 0 spiro atoms. The first kappa shape index (κ1) is 13.6. The molecule has 5 nitrogen and oxygen atoms in total. The van der Waals surface area contributed by atoms with E-state index in [2.05, 4.69) is 10.3 Å². The summed E-state index contributed by atoms with van der Waals surface area (Å²) in [6, 6.07) is 15.3. The molecule has 0 aliphatic rings. The van der Waals surface area contributed by atoms with Crippen LogP contribution in [-0.2, 0) is 0 Å². The summed E-state index contributed by atoms with van der Waals surface area (Å²) in [6.45, 7) is 0. The van der Waals surface area contributed by atoms with Gasteiger partial charge in [0, 0.05) is 17.3 Å². The van der Waals surface area contributed by atoms with Gasteiger partial charge in [0.2, 0.25) is 0 Å². The molecule has 5 heteroatoms. The zero-order valence-corrected chi connectivity index (χ0v) is 11.4. The molecule has 106 valence electrons. The smallest absolute Gasteiger partial charge is 0.259 e. The van der Waals surface area contributed by atoms with Crippen molar-refractivity contribution in [3.05, 3.63) is 65.9 Å². The Kier molecular flexibility index (Phi) is 3.42. The van der Waals surface area contributed by atoms with Crippen molar-refractivity contribution in [2.24, 2.45) is 0 Å². The highest BCUT2D eigenvalue weighted by Gasteiger charge is 2.14. The van der Waals surface area contributed by atoms with Gasteiger partial charge in [-0.1, -0.05) is 12.1 Å². The Bertz CT molecular complexity index is 896. The Hall–Kier alpha value is -3.39. The van der Waals surface area contributed by atoms with Crippen molar-refractivity contribution in [3.63, 3.8) is 0 Å². The van der Waals surface area contributed by atoms with Crippen LogP contribution in [0.25, 0.3) is 10.9 Å². The number of rotatable bonds is 2. The van der Waals surface area contributed by atoms with Crippen LogP contribution in [0, 0.1) is 11.3 Å². The van der Waals surface area contributed by atoms with Crippen LogP contribution in [0.5, 0.6) is 5.75 Å². The molecule has 0 unspecified atom stereocenters. The van der Waals surface area contributed by atoms with Crippen molar-refractivity contribution < 1.29 is 9.90 Å². The van der Waals surface area contributed by atoms with E-state index in [0.29, 0.717) is 16.8 Å². The Morgan fingerprint density at radius 3 is 2.64 bits per heavy atom. The number of hydrogen-bond donors (Lipinski definition) is 2. The maximum atomic E-state index is 12.3. The Morgan fingerprint density at radius 2 is 1.91 bits per heavy atom. The van der Waals surface area contributed by atoms with E-state index in [0.717, 1.165) is 5.39 Å². The van der Waals surface area contributed by atoms with Crippen LogP contribution in [0.4, 0.5) is 5.69 Å². The maximum Gasteiger partial charge on any atom is 0.259 e. The van der Waals surface area contributed by atoms with E-state index in [1.807, 2.05) is 12.1 Å². The first-order valence-corrected chi connectivity index (χ1v) is 6.57. The van der Waals surface area contributed by atoms with E-state index >= 15 is 0 Å². The van der Waals surface area contributed by atoms with E-state index < -0.39 is 5.91 Å². The van der Waals surface area contributed by atoms with Crippen molar-refractivity contribution in [2.75, 3.05) is 5.32 Å². The molecule has 22 heavy (non-hydrogen) atoms. The molecule has 1 heterocycles. The molecule has 1 amide bonds. The number of aromatic hydroxyl groups is 1. The molecule has 0 aliphatic heterocycles. The highest BCUT2D eigenvalue weighted by Crippen LogP contribution is 2.27. The summed E-state index contributed by atoms with van der Waals surface area (Å²) in [5, 5.41) is 22.4. The molecule has 2 N–H and O–H groups in total. The van der Waals surface area contributed by atoms with Crippen molar-refractivity contribution in [2.45, 2.75) is 0 Å². The van der Waals surface area contributed by atoms with Crippen molar-refractivity contribution in [3.8, 4) is 11.8 Å². The lowest BCUT2D eigenvalue weighted by Crippen LogP contribution is -2.12. The van der Waals surface area contributed by atoms with Gasteiger partial charge in [-0.3, -0.25) is 9.78 Å². The SMILES string of the molecule is N#Cc1ccc(NC(=O)c2ccc3cccnc3c2O)cc1. The van der Waals surface area contributed by atoms with Gasteiger partial charge < -0.3 is 10.4 Å². The van der Waals surface area contributed by atoms with E-state index in [-0.39, 0.29) is 11.3 Å². The lowest BCUT2D eigenvalue weighted by Gasteiger charge is -2.08. The van der Waals surface area contributed by atoms with E-state index in [1.165, 1.54) is 0 Å². The van der Waals surface area contributed by atoms with E-state index in [1.54, 1.807) is 48.7 Å². The lowest BCUT2D eigenvalue weighted by atomic mass is 10.1. The van der Waals surface area contributed by atoms with Crippen LogP contribution in [0.2, 0.25) is 0 Å². The number of phenols is 1. The van der Waals surface area contributed by atoms with Gasteiger partial charge in [-0.15, -0.1) is 0 Å². The number of aromatic nitrogens is 1. The zero-order chi connectivity index (χ0) is 15.5. The van der Waals surface area contributed by atoms with Crippen molar-refractivity contribution in [1.82, 2.24) is 4.98 Å². The van der Waals surface area contributed by atoms with Gasteiger partial charge >= 0.3 is 0 Å². The molecular formula is C17H11N3O2. The number of nitrogens with zero attached hydrogens (tertiary/aromatic N) is 2. The van der Waals surface area contributed by atoms with Crippen LogP contribution in [0.1, 0.15) is 15.9 Å². The van der Waals surface area contributed by atoms with Gasteiger partial charge in [-0.25, -0.2) is 0 Å². The average molecular weight is 289 g/mol. The normalized spacial score (nSPS) is 10.1. The second kappa shape index (κ2) is 5.54. The molecule has 0 saturated heterocycles. The first-order valence-electron chi connectivity index (χ1n) is 6.57. The summed E-state index contributed by atoms with van der Waals surface area (Å²) in [6.07, 6.45) is 1.56. The lowest BCUT2D eigenvalue weighted by molar-refractivity contribution is 0.102. The average Bonchev–Trinajstić information content (AvgIpc) is 2.56. The third-order valence-corrected chi connectivity index (χ3v) is 3.26. The molecule has 0 saturated carbocycles. The van der Waals surface area contributed by atoms with Crippen molar-refractivity contribution >= 4 is 22.5 Å². The molecule has 1 aromatic heterocycles. The number of fused-ring (bicyclic) bond motifs is 1. The Balaban J connectivity index is 1.91. The minimum Gasteiger partial charge on any atom is -0.505 e. The number of anilines is 1. The predicted molar refractivity (Wildman–Crippen MR) is 82.5 cm³/mol. The minimum absolute atomic E-state index is 0.149. The minimum atomic E-state index is -0.435. The molecule has 0 fully saturated rings. The Labute approximate surface area is 126 Å². The first-order chi connectivity index (χ1) is 10.7. The number of hydrogen-bond acceptors (Lipinski definition) is 4. The predicted octanol–water partition coefficient (Wildman–Crippen LogP) is 3.06. The number of benzene rings is 2. The monoisotopic (exact) mass is 289 g/mol. The van der Waals surface area contributed by atoms with Gasteiger partial charge in [-0.2, -0.15) is 5.26 Å². The van der Waals surface area contributed by atoms with Gasteiger partial charge in [-0.05, 0) is 36.4 Å². The topological polar surface area (TPSA) is 86.0 Å². The summed E-state index contributed by atoms with van der Waals surface area (Å²) in [5.74, 6) is -0.584. The van der Waals surface area contributed by atoms with Crippen LogP contribution < -0.4 is 5.32 Å². The fraction of sp³-hybridized carbons (Fsp3) is 0. The summed E-state index contributed by atoms with van der Waals surface area (Å²) >= 11 is 0. The summed E-state index contributed by atoms with van der Waals surface area (Å²) in [5.41, 5.74) is 1.59. The van der Waals surface area contributed by atoms with Crippen LogP contribution in [0.15, 0.2) is 54.7 Å². The number of amides is 1. The van der Waals surface area contributed by atoms with E-state index in [9.17, 15) is 9.90 Å².